The van der Waals surface area contributed by atoms with Gasteiger partial charge in [-0.05, 0) is 62.2 Å². The van der Waals surface area contributed by atoms with Crippen LogP contribution in [0.2, 0.25) is 0 Å². The van der Waals surface area contributed by atoms with E-state index in [4.69, 9.17) is 0 Å². The van der Waals surface area contributed by atoms with Gasteiger partial charge in [0, 0.05) is 25.5 Å². The molecule has 1 aliphatic heterocycles. The summed E-state index contributed by atoms with van der Waals surface area (Å²) in [5.41, 5.74) is 1.61. The van der Waals surface area contributed by atoms with Gasteiger partial charge in [0.1, 0.15) is 15.9 Å². The topological polar surface area (TPSA) is 36.4 Å². The van der Waals surface area contributed by atoms with Crippen molar-refractivity contribution in [1.82, 2.24) is 14.8 Å². The molecule has 0 radical (unpaired) electrons. The highest BCUT2D eigenvalue weighted by molar-refractivity contribution is 8.00. The van der Waals surface area contributed by atoms with Crippen LogP contribution >= 0.6 is 23.1 Å². The number of aromatic nitrogens is 1. The van der Waals surface area contributed by atoms with E-state index in [1.807, 2.05) is 29.6 Å². The zero-order valence-electron chi connectivity index (χ0n) is 15.9. The normalized spacial score (nSPS) is 15.8. The number of nitrogens with zero attached hydrogens (tertiary/aromatic N) is 3. The van der Waals surface area contributed by atoms with Gasteiger partial charge in [-0.2, -0.15) is 0 Å². The van der Waals surface area contributed by atoms with Gasteiger partial charge in [0.15, 0.2) is 0 Å². The summed E-state index contributed by atoms with van der Waals surface area (Å²) in [6.07, 6.45) is 5.03. The minimum Gasteiger partial charge on any atom is -0.340 e. The minimum atomic E-state index is -0.163. The molecule has 2 aromatic rings. The first kappa shape index (κ1) is 20.3. The van der Waals surface area contributed by atoms with Crippen molar-refractivity contribution in [2.24, 2.45) is 5.92 Å². The summed E-state index contributed by atoms with van der Waals surface area (Å²) in [5.74, 6) is 0.381. The highest BCUT2D eigenvalue weighted by Gasteiger charge is 2.23. The van der Waals surface area contributed by atoms with Crippen molar-refractivity contribution >= 4 is 29.0 Å². The maximum atomic E-state index is 13.3. The van der Waals surface area contributed by atoms with Crippen molar-refractivity contribution in [3.63, 3.8) is 0 Å². The monoisotopic (exact) mass is 407 g/mol. The molecule has 0 bridgehead atoms. The third-order valence-electron chi connectivity index (χ3n) is 5.07. The van der Waals surface area contributed by atoms with Crippen LogP contribution in [0.5, 0.6) is 0 Å². The lowest BCUT2D eigenvalue weighted by Gasteiger charge is -2.33. The summed E-state index contributed by atoms with van der Waals surface area (Å²) in [7, 11) is 1.87. The standard InChI is InChI=1S/C20H26FN3OS2/c1-23(19(25)18-14-27-20(22-18)26-2)13-16-7-10-24(11-8-16)9-6-15-4-3-5-17(21)12-15/h3-5,12,14,16H,6-11,13H2,1-2H3. The Morgan fingerprint density at radius 2 is 2.19 bits per heavy atom. The maximum Gasteiger partial charge on any atom is 0.273 e. The summed E-state index contributed by atoms with van der Waals surface area (Å²) < 4.78 is 14.2. The molecule has 0 spiro atoms. The van der Waals surface area contributed by atoms with E-state index in [0.29, 0.717) is 11.6 Å². The average Bonchev–Trinajstić information content (AvgIpc) is 3.16. The smallest absolute Gasteiger partial charge is 0.273 e. The Hall–Kier alpha value is -1.44. The molecule has 0 saturated carbocycles. The van der Waals surface area contributed by atoms with Gasteiger partial charge in [0.05, 0.1) is 0 Å². The number of thiazole rings is 1. The largest absolute Gasteiger partial charge is 0.340 e. The number of hydrogen-bond acceptors (Lipinski definition) is 5. The summed E-state index contributed by atoms with van der Waals surface area (Å²) in [6.45, 7) is 3.81. The molecule has 7 heteroatoms. The van der Waals surface area contributed by atoms with Gasteiger partial charge in [-0.15, -0.1) is 11.3 Å². The van der Waals surface area contributed by atoms with E-state index >= 15 is 0 Å². The number of hydrogen-bond donors (Lipinski definition) is 0. The molecule has 146 valence electrons. The lowest BCUT2D eigenvalue weighted by Crippen LogP contribution is -2.40. The van der Waals surface area contributed by atoms with Crippen LogP contribution in [0.25, 0.3) is 0 Å². The predicted octanol–water partition coefficient (Wildman–Crippen LogP) is 4.03. The van der Waals surface area contributed by atoms with E-state index < -0.39 is 0 Å². The van der Waals surface area contributed by atoms with E-state index in [9.17, 15) is 9.18 Å². The van der Waals surface area contributed by atoms with Crippen LogP contribution in [0.4, 0.5) is 4.39 Å². The van der Waals surface area contributed by atoms with Crippen LogP contribution in [0.3, 0.4) is 0 Å². The molecule has 1 aromatic carbocycles. The molecule has 0 atom stereocenters. The maximum absolute atomic E-state index is 13.3. The van der Waals surface area contributed by atoms with Crippen LogP contribution in [0.15, 0.2) is 34.0 Å². The molecule has 27 heavy (non-hydrogen) atoms. The van der Waals surface area contributed by atoms with Crippen LogP contribution in [-0.4, -0.2) is 60.2 Å². The molecular formula is C20H26FN3OS2. The number of carbonyl (C=O) groups is 1. The summed E-state index contributed by atoms with van der Waals surface area (Å²) in [5, 5.41) is 1.85. The number of benzene rings is 1. The van der Waals surface area contributed by atoms with Gasteiger partial charge in [0.2, 0.25) is 0 Å². The average molecular weight is 408 g/mol. The first-order valence-corrected chi connectivity index (χ1v) is 11.4. The molecule has 0 N–H and O–H groups in total. The van der Waals surface area contributed by atoms with Crippen LogP contribution in [0.1, 0.15) is 28.9 Å². The Kier molecular flexibility index (Phi) is 7.26. The third kappa shape index (κ3) is 5.77. The predicted molar refractivity (Wildman–Crippen MR) is 110 cm³/mol. The number of halogens is 1. The van der Waals surface area contributed by atoms with E-state index in [1.54, 1.807) is 23.9 Å². The molecule has 1 saturated heterocycles. The highest BCUT2D eigenvalue weighted by atomic mass is 32.2. The van der Waals surface area contributed by atoms with Gasteiger partial charge in [-0.25, -0.2) is 9.37 Å². The number of rotatable bonds is 7. The van der Waals surface area contributed by atoms with E-state index in [1.165, 1.54) is 17.4 Å². The van der Waals surface area contributed by atoms with Crippen molar-refractivity contribution in [2.45, 2.75) is 23.6 Å². The Bertz CT molecular complexity index is 759. The molecule has 0 aliphatic carbocycles. The molecule has 0 unspecified atom stereocenters. The molecule has 3 rings (SSSR count). The summed E-state index contributed by atoms with van der Waals surface area (Å²) in [4.78, 5) is 21.1. The Morgan fingerprint density at radius 3 is 2.85 bits per heavy atom. The van der Waals surface area contributed by atoms with Crippen LogP contribution < -0.4 is 0 Å². The fourth-order valence-electron chi connectivity index (χ4n) is 3.49. The minimum absolute atomic E-state index is 0.0140. The van der Waals surface area contributed by atoms with Gasteiger partial charge >= 0.3 is 0 Å². The molecule has 1 aliphatic rings. The van der Waals surface area contributed by atoms with Gasteiger partial charge in [-0.3, -0.25) is 4.79 Å². The second-order valence-electron chi connectivity index (χ2n) is 7.05. The number of carbonyl (C=O) groups excluding carboxylic acids is 1. The Morgan fingerprint density at radius 1 is 1.41 bits per heavy atom. The number of likely N-dealkylation sites (tertiary alicyclic amines) is 1. The zero-order valence-corrected chi connectivity index (χ0v) is 17.5. The zero-order chi connectivity index (χ0) is 19.2. The summed E-state index contributed by atoms with van der Waals surface area (Å²) in [6, 6.07) is 6.86. The first-order valence-electron chi connectivity index (χ1n) is 9.27. The van der Waals surface area contributed by atoms with Crippen LogP contribution in [-0.2, 0) is 6.42 Å². The number of amides is 1. The van der Waals surface area contributed by atoms with Crippen molar-refractivity contribution in [3.05, 3.63) is 46.7 Å². The second-order valence-corrected chi connectivity index (χ2v) is 8.96. The molecule has 2 heterocycles. The van der Waals surface area contributed by atoms with Crippen LogP contribution in [0, 0.1) is 11.7 Å². The van der Waals surface area contributed by atoms with E-state index in [-0.39, 0.29) is 11.7 Å². The fourth-order valence-corrected chi connectivity index (χ4v) is 4.72. The second kappa shape index (κ2) is 9.66. The Labute approximate surface area is 168 Å². The lowest BCUT2D eigenvalue weighted by atomic mass is 9.96. The molecule has 4 nitrogen and oxygen atoms in total. The summed E-state index contributed by atoms with van der Waals surface area (Å²) >= 11 is 3.09. The molecule has 1 aromatic heterocycles. The number of thioether (sulfide) groups is 1. The SMILES string of the molecule is CSc1nc(C(=O)N(C)CC2CCN(CCc3cccc(F)c3)CC2)cs1. The van der Waals surface area contributed by atoms with Crippen molar-refractivity contribution in [3.8, 4) is 0 Å². The Balaban J connectivity index is 1.41. The molecule has 1 fully saturated rings. The van der Waals surface area contributed by atoms with Gasteiger partial charge in [0.25, 0.3) is 5.91 Å². The van der Waals surface area contributed by atoms with Crippen molar-refractivity contribution in [1.29, 1.82) is 0 Å². The molecule has 1 amide bonds. The fraction of sp³-hybridized carbons (Fsp3) is 0.500. The van der Waals surface area contributed by atoms with Crippen molar-refractivity contribution < 1.29 is 9.18 Å². The van der Waals surface area contributed by atoms with Gasteiger partial charge in [-0.1, -0.05) is 23.9 Å². The van der Waals surface area contributed by atoms with Crippen molar-refractivity contribution in [2.75, 3.05) is 39.5 Å². The lowest BCUT2D eigenvalue weighted by molar-refractivity contribution is 0.0735. The molecular weight excluding hydrogens is 381 g/mol. The van der Waals surface area contributed by atoms with Gasteiger partial charge < -0.3 is 9.80 Å². The number of piperidine rings is 1. The third-order valence-corrected chi connectivity index (χ3v) is 6.93. The highest BCUT2D eigenvalue weighted by Crippen LogP contribution is 2.22. The van der Waals surface area contributed by atoms with E-state index in [2.05, 4.69) is 9.88 Å². The van der Waals surface area contributed by atoms with E-state index in [0.717, 1.165) is 55.3 Å². The quantitative estimate of drug-likeness (QED) is 0.650. The first-order chi connectivity index (χ1) is 13.0.